The zero-order valence-corrected chi connectivity index (χ0v) is 20.0. The lowest BCUT2D eigenvalue weighted by molar-refractivity contribution is -0.230. The van der Waals surface area contributed by atoms with Crippen LogP contribution in [0.4, 0.5) is 10.5 Å². The van der Waals surface area contributed by atoms with E-state index in [0.717, 1.165) is 16.9 Å². The average molecular weight is 513 g/mol. The fourth-order valence-corrected chi connectivity index (χ4v) is 6.04. The molecule has 15 nitrogen and oxygen atoms in total. The number of hydrogen-bond donors (Lipinski definition) is 7. The Morgan fingerprint density at radius 1 is 1.27 bits per heavy atom. The van der Waals surface area contributed by atoms with Crippen LogP contribution in [0.15, 0.2) is 28.2 Å². The molecule has 37 heavy (non-hydrogen) atoms. The molecule has 9 N–H and O–H groups in total. The molecule has 0 saturated carbocycles. The number of carbonyl (C=O) groups excluding carboxylic acids is 3. The molecule has 1 spiro atoms. The van der Waals surface area contributed by atoms with Crippen LogP contribution in [0.1, 0.15) is 15.9 Å². The monoisotopic (exact) mass is 512 g/mol. The number of hydrogen-bond acceptors (Lipinski definition) is 12. The highest BCUT2D eigenvalue weighted by Crippen LogP contribution is 2.45. The molecule has 1 aromatic rings. The van der Waals surface area contributed by atoms with Crippen LogP contribution < -0.4 is 27.4 Å². The molecule has 5 aliphatic rings. The number of fused-ring (bicyclic) bond motifs is 1. The van der Waals surface area contributed by atoms with Crippen molar-refractivity contribution < 1.29 is 24.6 Å². The molecule has 2 unspecified atom stereocenters. The first-order chi connectivity index (χ1) is 17.5. The highest BCUT2D eigenvalue weighted by atomic mass is 16.5. The number of imide groups is 1. The van der Waals surface area contributed by atoms with Gasteiger partial charge in [-0.3, -0.25) is 14.5 Å². The minimum atomic E-state index is -2.63. The van der Waals surface area contributed by atoms with Gasteiger partial charge < -0.3 is 47.4 Å². The second-order valence-electron chi connectivity index (χ2n) is 9.93. The van der Waals surface area contributed by atoms with Gasteiger partial charge in [-0.15, -0.1) is 0 Å². The second kappa shape index (κ2) is 7.69. The van der Waals surface area contributed by atoms with Crippen LogP contribution in [0.2, 0.25) is 0 Å². The van der Waals surface area contributed by atoms with E-state index in [1.54, 1.807) is 12.1 Å². The van der Waals surface area contributed by atoms with E-state index in [1.807, 2.05) is 6.07 Å². The van der Waals surface area contributed by atoms with Crippen molar-refractivity contribution in [1.29, 1.82) is 0 Å². The molecule has 0 radical (unpaired) electrons. The maximum absolute atomic E-state index is 13.3. The Kier molecular flexibility index (Phi) is 4.84. The van der Waals surface area contributed by atoms with Crippen LogP contribution in [0, 0.1) is 0 Å². The number of nitrogens with zero attached hydrogens (tertiary/aromatic N) is 5. The smallest absolute Gasteiger partial charge is 0.327 e. The van der Waals surface area contributed by atoms with Gasteiger partial charge in [-0.1, -0.05) is 12.1 Å². The molecule has 2 fully saturated rings. The maximum atomic E-state index is 13.3. The van der Waals surface area contributed by atoms with Gasteiger partial charge in [-0.2, -0.15) is 0 Å². The number of urea groups is 1. The van der Waals surface area contributed by atoms with E-state index in [4.69, 9.17) is 11.5 Å². The minimum absolute atomic E-state index is 0.0717. The summed E-state index contributed by atoms with van der Waals surface area (Å²) in [7, 11) is 1.50. The van der Waals surface area contributed by atoms with Crippen LogP contribution in [0.25, 0.3) is 0 Å². The summed E-state index contributed by atoms with van der Waals surface area (Å²) in [5.74, 6) is -3.70. The van der Waals surface area contributed by atoms with Crippen molar-refractivity contribution in [2.24, 2.45) is 21.5 Å². The number of anilines is 1. The largest absolute Gasteiger partial charge is 0.384 e. The van der Waals surface area contributed by atoms with Gasteiger partial charge in [0.15, 0.2) is 17.6 Å². The molecule has 5 heterocycles. The Morgan fingerprint density at radius 2 is 2.05 bits per heavy atom. The first-order valence-electron chi connectivity index (χ1n) is 11.9. The van der Waals surface area contributed by atoms with Gasteiger partial charge in [0.25, 0.3) is 5.91 Å². The standard InChI is InChI=1S/C22H28N10O5/c1-30-9-14(33)31(20(30)35)7-12-16-21(29-18(23)28-16)22(36,37)13(8-32(21)19(24)26-12)27-17(34)11-4-2-3-10-5-6-25-15(10)11/h2-4,12-13,16,25,36-37H,5-9H2,1H3,(H2,24,26)(H,27,34)(H3,23,28,29)/t12?,13?,16-,21-/m0/s1. The van der Waals surface area contributed by atoms with Gasteiger partial charge in [0.2, 0.25) is 11.7 Å². The lowest BCUT2D eigenvalue weighted by Gasteiger charge is -2.49. The van der Waals surface area contributed by atoms with Crippen molar-refractivity contribution in [3.05, 3.63) is 29.3 Å². The van der Waals surface area contributed by atoms with Crippen molar-refractivity contribution in [1.82, 2.24) is 25.3 Å². The van der Waals surface area contributed by atoms with Crippen molar-refractivity contribution in [2.75, 3.05) is 38.5 Å². The molecule has 1 aromatic carbocycles. The zero-order chi connectivity index (χ0) is 26.3. The number of likely N-dealkylation sites (N-methyl/N-ethyl adjacent to an activating group) is 1. The highest BCUT2D eigenvalue weighted by Gasteiger charge is 2.73. The minimum Gasteiger partial charge on any atom is -0.384 e. The fourth-order valence-electron chi connectivity index (χ4n) is 6.04. The van der Waals surface area contributed by atoms with Crippen molar-refractivity contribution in [2.45, 2.75) is 36.0 Å². The summed E-state index contributed by atoms with van der Waals surface area (Å²) in [5.41, 5.74) is 12.6. The molecular weight excluding hydrogens is 484 g/mol. The molecule has 4 amide bonds. The Hall–Kier alpha value is -4.11. The van der Waals surface area contributed by atoms with Crippen LogP contribution in [0.5, 0.6) is 0 Å². The van der Waals surface area contributed by atoms with E-state index in [0.29, 0.717) is 17.8 Å². The lowest BCUT2D eigenvalue weighted by Crippen LogP contribution is -2.78. The summed E-state index contributed by atoms with van der Waals surface area (Å²) in [4.78, 5) is 50.7. The van der Waals surface area contributed by atoms with Gasteiger partial charge >= 0.3 is 6.03 Å². The molecular formula is C22H28N10O5. The van der Waals surface area contributed by atoms with Crippen LogP contribution in [-0.4, -0.2) is 117 Å². The van der Waals surface area contributed by atoms with E-state index in [9.17, 15) is 24.6 Å². The highest BCUT2D eigenvalue weighted by molar-refractivity contribution is 6.02. The van der Waals surface area contributed by atoms with E-state index in [2.05, 4.69) is 25.9 Å². The first-order valence-corrected chi connectivity index (χ1v) is 11.9. The summed E-state index contributed by atoms with van der Waals surface area (Å²) in [5, 5.41) is 32.0. The SMILES string of the molecule is CN1CC(=O)N(CC2N=C(N)N3CC(NC(=O)c4cccc5c4NCC5)C(O)(O)[C@@]34NC(N)=N[C@@H]24)C1=O. The first kappa shape index (κ1) is 23.3. The summed E-state index contributed by atoms with van der Waals surface area (Å²) in [6.45, 7) is 0.334. The topological polar surface area (TPSA) is 214 Å². The third-order valence-electron chi connectivity index (χ3n) is 7.80. The van der Waals surface area contributed by atoms with Crippen LogP contribution >= 0.6 is 0 Å². The molecule has 2 saturated heterocycles. The molecule has 196 valence electrons. The van der Waals surface area contributed by atoms with Crippen molar-refractivity contribution in [3.63, 3.8) is 0 Å². The molecule has 0 aliphatic carbocycles. The normalized spacial score (nSPS) is 31.3. The van der Waals surface area contributed by atoms with Crippen molar-refractivity contribution in [3.8, 4) is 0 Å². The summed E-state index contributed by atoms with van der Waals surface area (Å²) in [6, 6.07) is 1.69. The van der Waals surface area contributed by atoms with Gasteiger partial charge in [-0.05, 0) is 18.1 Å². The lowest BCUT2D eigenvalue weighted by atomic mass is 9.84. The van der Waals surface area contributed by atoms with Gasteiger partial charge in [0.05, 0.1) is 23.8 Å². The van der Waals surface area contributed by atoms with Gasteiger partial charge in [-0.25, -0.2) is 14.8 Å². The van der Waals surface area contributed by atoms with Crippen molar-refractivity contribution >= 4 is 35.5 Å². The number of carbonyl (C=O) groups is 3. The fraction of sp³-hybridized carbons (Fsp3) is 0.500. The second-order valence-corrected chi connectivity index (χ2v) is 9.93. The van der Waals surface area contributed by atoms with Gasteiger partial charge in [0, 0.05) is 20.1 Å². The maximum Gasteiger partial charge on any atom is 0.327 e. The van der Waals surface area contributed by atoms with E-state index in [1.165, 1.54) is 16.8 Å². The third kappa shape index (κ3) is 3.10. The van der Waals surface area contributed by atoms with Crippen LogP contribution in [-0.2, 0) is 11.2 Å². The number of aliphatic imine (C=N–C) groups is 2. The Labute approximate surface area is 211 Å². The molecule has 15 heteroatoms. The number of benzene rings is 1. The Balaban J connectivity index is 1.31. The van der Waals surface area contributed by atoms with Crippen LogP contribution in [0.3, 0.4) is 0 Å². The summed E-state index contributed by atoms with van der Waals surface area (Å²) < 4.78 is 0. The van der Waals surface area contributed by atoms with E-state index in [-0.39, 0.29) is 31.6 Å². The number of nitrogens with two attached hydrogens (primary N) is 2. The molecule has 4 atom stereocenters. The number of rotatable bonds is 4. The predicted molar refractivity (Wildman–Crippen MR) is 130 cm³/mol. The third-order valence-corrected chi connectivity index (χ3v) is 7.80. The zero-order valence-electron chi connectivity index (χ0n) is 20.0. The number of guanidine groups is 2. The number of amides is 4. The summed E-state index contributed by atoms with van der Waals surface area (Å²) >= 11 is 0. The van der Waals surface area contributed by atoms with E-state index < -0.39 is 47.4 Å². The molecule has 0 aromatic heterocycles. The Bertz CT molecular complexity index is 1280. The number of nitrogens with one attached hydrogen (secondary N) is 3. The predicted octanol–water partition coefficient (Wildman–Crippen LogP) is -3.68. The summed E-state index contributed by atoms with van der Waals surface area (Å²) in [6.07, 6.45) is 0.787. The quantitative estimate of drug-likeness (QED) is 0.155. The number of para-hydroxylation sites is 1. The molecule has 5 aliphatic heterocycles. The number of aliphatic hydroxyl groups is 2. The average Bonchev–Trinajstić information content (AvgIpc) is 3.57. The Morgan fingerprint density at radius 3 is 2.78 bits per heavy atom. The van der Waals surface area contributed by atoms with E-state index >= 15 is 0 Å². The molecule has 0 bridgehead atoms. The molecule has 6 rings (SSSR count). The van der Waals surface area contributed by atoms with Gasteiger partial charge in [0.1, 0.15) is 18.6 Å².